The predicted molar refractivity (Wildman–Crippen MR) is 98.6 cm³/mol. The Morgan fingerprint density at radius 2 is 1.80 bits per heavy atom. The Labute approximate surface area is 147 Å². The average molecular weight is 338 g/mol. The van der Waals surface area contributed by atoms with Gasteiger partial charge in [-0.15, -0.1) is 0 Å². The first-order valence-electron chi connectivity index (χ1n) is 8.24. The number of carbonyl (C=O) groups excluding carboxylic acids is 1. The summed E-state index contributed by atoms with van der Waals surface area (Å²) >= 11 is 0. The number of carbonyl (C=O) groups is 1. The van der Waals surface area contributed by atoms with Crippen LogP contribution in [0.5, 0.6) is 11.5 Å². The van der Waals surface area contributed by atoms with Gasteiger partial charge in [-0.2, -0.15) is 0 Å². The molecular formula is C20H22N2O3. The largest absolute Gasteiger partial charge is 0.497 e. The van der Waals surface area contributed by atoms with Crippen molar-refractivity contribution in [3.63, 3.8) is 0 Å². The lowest BCUT2D eigenvalue weighted by Crippen LogP contribution is -2.27. The number of methoxy groups -OCH3 is 1. The van der Waals surface area contributed by atoms with Gasteiger partial charge in [0.25, 0.3) is 0 Å². The molecule has 130 valence electrons. The van der Waals surface area contributed by atoms with Gasteiger partial charge in [-0.1, -0.05) is 18.2 Å². The second-order valence-corrected chi connectivity index (χ2v) is 5.79. The Morgan fingerprint density at radius 1 is 1.08 bits per heavy atom. The summed E-state index contributed by atoms with van der Waals surface area (Å²) in [7, 11) is 3.59. The molecule has 0 amide bonds. The van der Waals surface area contributed by atoms with Gasteiger partial charge in [-0.3, -0.25) is 4.79 Å². The summed E-state index contributed by atoms with van der Waals surface area (Å²) in [5.74, 6) is 1.66. The van der Waals surface area contributed by atoms with Crippen LogP contribution in [0.2, 0.25) is 0 Å². The van der Waals surface area contributed by atoms with Crippen LogP contribution in [0.4, 0.5) is 0 Å². The van der Waals surface area contributed by atoms with Gasteiger partial charge >= 0.3 is 0 Å². The van der Waals surface area contributed by atoms with E-state index in [0.29, 0.717) is 19.7 Å². The van der Waals surface area contributed by atoms with Gasteiger partial charge in [0, 0.05) is 36.3 Å². The van der Waals surface area contributed by atoms with Crippen LogP contribution in [0.3, 0.4) is 0 Å². The maximum Gasteiger partial charge on any atom is 0.178 e. The number of hydrogen-bond acceptors (Lipinski definition) is 4. The number of Topliss-reactive ketones (excluding diaryl/α,β-unsaturated/α-hetero) is 1. The van der Waals surface area contributed by atoms with Crippen molar-refractivity contribution in [3.05, 3.63) is 60.3 Å². The van der Waals surface area contributed by atoms with Crippen LogP contribution in [0.1, 0.15) is 10.4 Å². The smallest absolute Gasteiger partial charge is 0.178 e. The van der Waals surface area contributed by atoms with Crippen LogP contribution in [0.25, 0.3) is 10.9 Å². The molecule has 1 N–H and O–H groups in total. The van der Waals surface area contributed by atoms with Crippen molar-refractivity contribution < 1.29 is 14.3 Å². The van der Waals surface area contributed by atoms with E-state index in [-0.39, 0.29) is 5.78 Å². The molecule has 2 aromatic carbocycles. The monoisotopic (exact) mass is 338 g/mol. The van der Waals surface area contributed by atoms with Gasteiger partial charge in [-0.25, -0.2) is 0 Å². The summed E-state index contributed by atoms with van der Waals surface area (Å²) in [5, 5.41) is 4.13. The first-order valence-corrected chi connectivity index (χ1v) is 8.24. The number of rotatable bonds is 8. The van der Waals surface area contributed by atoms with Crippen LogP contribution in [0.15, 0.2) is 54.7 Å². The highest BCUT2D eigenvalue weighted by atomic mass is 16.5. The summed E-state index contributed by atoms with van der Waals surface area (Å²) in [5.41, 5.74) is 1.82. The highest BCUT2D eigenvalue weighted by Crippen LogP contribution is 2.20. The Hall–Kier alpha value is -2.79. The van der Waals surface area contributed by atoms with Crippen molar-refractivity contribution in [1.29, 1.82) is 0 Å². The van der Waals surface area contributed by atoms with E-state index >= 15 is 0 Å². The van der Waals surface area contributed by atoms with Crippen molar-refractivity contribution in [1.82, 2.24) is 9.88 Å². The van der Waals surface area contributed by atoms with Gasteiger partial charge in [0.1, 0.15) is 18.1 Å². The molecule has 0 unspecified atom stereocenters. The molecule has 5 nitrogen and oxygen atoms in total. The summed E-state index contributed by atoms with van der Waals surface area (Å²) in [6.07, 6.45) is 1.89. The zero-order chi connectivity index (χ0) is 17.6. The zero-order valence-electron chi connectivity index (χ0n) is 14.5. The summed E-state index contributed by atoms with van der Waals surface area (Å²) in [4.78, 5) is 12.4. The molecule has 0 saturated carbocycles. The Morgan fingerprint density at radius 3 is 2.56 bits per heavy atom. The van der Waals surface area contributed by atoms with Gasteiger partial charge < -0.3 is 19.4 Å². The lowest BCUT2D eigenvalue weighted by atomic mass is 10.1. The third-order valence-corrected chi connectivity index (χ3v) is 4.09. The van der Waals surface area contributed by atoms with Crippen LogP contribution >= 0.6 is 0 Å². The normalized spacial score (nSPS) is 10.8. The minimum Gasteiger partial charge on any atom is -0.497 e. The molecule has 1 heterocycles. The molecule has 5 heteroatoms. The van der Waals surface area contributed by atoms with Crippen LogP contribution in [0, 0.1) is 0 Å². The van der Waals surface area contributed by atoms with E-state index in [0.717, 1.165) is 28.0 Å². The standard InChI is InChI=1S/C20H22N2O3/c1-22-14-18(17-5-3-4-6-19(17)22)20(23)13-21-11-12-25-16-9-7-15(24-2)8-10-16/h3-10,14,21H,11-13H2,1-2H3. The number of nitrogens with zero attached hydrogens (tertiary/aromatic N) is 1. The highest BCUT2D eigenvalue weighted by molar-refractivity contribution is 6.09. The third-order valence-electron chi connectivity index (χ3n) is 4.09. The SMILES string of the molecule is COc1ccc(OCCNCC(=O)c2cn(C)c3ccccc23)cc1. The number of benzene rings is 2. The van der Waals surface area contributed by atoms with Crippen molar-refractivity contribution in [2.45, 2.75) is 0 Å². The molecule has 0 aliphatic carbocycles. The van der Waals surface area contributed by atoms with Crippen molar-refractivity contribution in [3.8, 4) is 11.5 Å². The first kappa shape index (κ1) is 17.0. The first-order chi connectivity index (χ1) is 12.2. The molecule has 0 fully saturated rings. The van der Waals surface area contributed by atoms with Gasteiger partial charge in [0.05, 0.1) is 13.7 Å². The van der Waals surface area contributed by atoms with Gasteiger partial charge in [-0.05, 0) is 30.3 Å². The number of ether oxygens (including phenoxy) is 2. The van der Waals surface area contributed by atoms with E-state index in [4.69, 9.17) is 9.47 Å². The maximum absolute atomic E-state index is 12.4. The average Bonchev–Trinajstić information content (AvgIpc) is 2.99. The Balaban J connectivity index is 1.47. The van der Waals surface area contributed by atoms with Crippen LogP contribution in [-0.4, -0.2) is 37.2 Å². The molecule has 0 bridgehead atoms. The van der Waals surface area contributed by atoms with Crippen LogP contribution < -0.4 is 14.8 Å². The van der Waals surface area contributed by atoms with Crippen LogP contribution in [-0.2, 0) is 7.05 Å². The maximum atomic E-state index is 12.4. The zero-order valence-corrected chi connectivity index (χ0v) is 14.5. The molecule has 3 aromatic rings. The minimum absolute atomic E-state index is 0.0845. The van der Waals surface area contributed by atoms with E-state index < -0.39 is 0 Å². The number of para-hydroxylation sites is 1. The van der Waals surface area contributed by atoms with Gasteiger partial charge in [0.15, 0.2) is 5.78 Å². The number of fused-ring (bicyclic) bond motifs is 1. The molecule has 0 spiro atoms. The Kier molecular flexibility index (Phi) is 5.36. The molecule has 0 saturated heterocycles. The Bertz CT molecular complexity index is 853. The summed E-state index contributed by atoms with van der Waals surface area (Å²) < 4.78 is 12.7. The highest BCUT2D eigenvalue weighted by Gasteiger charge is 2.12. The summed E-state index contributed by atoms with van der Waals surface area (Å²) in [6.45, 7) is 1.39. The molecule has 0 radical (unpaired) electrons. The van der Waals surface area contributed by atoms with E-state index in [2.05, 4.69) is 5.32 Å². The number of aromatic nitrogens is 1. The van der Waals surface area contributed by atoms with Gasteiger partial charge in [0.2, 0.25) is 0 Å². The second kappa shape index (κ2) is 7.85. The lowest BCUT2D eigenvalue weighted by Gasteiger charge is -2.08. The van der Waals surface area contributed by atoms with Crippen molar-refractivity contribution in [2.75, 3.05) is 26.8 Å². The number of nitrogens with one attached hydrogen (secondary N) is 1. The fourth-order valence-electron chi connectivity index (χ4n) is 2.77. The number of ketones is 1. The second-order valence-electron chi connectivity index (χ2n) is 5.79. The molecule has 0 aliphatic heterocycles. The lowest BCUT2D eigenvalue weighted by molar-refractivity contribution is 0.0991. The third kappa shape index (κ3) is 4.00. The van der Waals surface area contributed by atoms with E-state index in [1.165, 1.54) is 0 Å². The summed E-state index contributed by atoms with van der Waals surface area (Å²) in [6, 6.07) is 15.4. The molecular weight excluding hydrogens is 316 g/mol. The fraction of sp³-hybridized carbons (Fsp3) is 0.250. The van der Waals surface area contributed by atoms with Crippen molar-refractivity contribution >= 4 is 16.7 Å². The molecule has 0 aliphatic rings. The topological polar surface area (TPSA) is 52.5 Å². The van der Waals surface area contributed by atoms with Crippen molar-refractivity contribution in [2.24, 2.45) is 7.05 Å². The quantitative estimate of drug-likeness (QED) is 0.507. The number of aryl methyl sites for hydroxylation is 1. The molecule has 25 heavy (non-hydrogen) atoms. The minimum atomic E-state index is 0.0845. The van der Waals surface area contributed by atoms with E-state index in [1.54, 1.807) is 7.11 Å². The van der Waals surface area contributed by atoms with E-state index in [9.17, 15) is 4.79 Å². The molecule has 0 atom stereocenters. The number of hydrogen-bond donors (Lipinski definition) is 1. The molecule has 1 aromatic heterocycles. The molecule has 3 rings (SSSR count). The van der Waals surface area contributed by atoms with E-state index in [1.807, 2.05) is 66.3 Å². The predicted octanol–water partition coefficient (Wildman–Crippen LogP) is 3.04. The fourth-order valence-corrected chi connectivity index (χ4v) is 2.77.